The number of β-amino-alcohol motifs (C(OH)–C–C–N with tert-alkyl or cyclic N) is 1. The average molecular weight is 278 g/mol. The Kier molecular flexibility index (Phi) is 5.40. The van der Waals surface area contributed by atoms with Crippen molar-refractivity contribution in [1.82, 2.24) is 9.80 Å². The first-order valence-corrected chi connectivity index (χ1v) is 7.33. The van der Waals surface area contributed by atoms with Crippen molar-refractivity contribution in [3.05, 3.63) is 29.3 Å². The number of hydrogen-bond donors (Lipinski definition) is 1. The second-order valence-corrected chi connectivity index (χ2v) is 5.84. The van der Waals surface area contributed by atoms with E-state index in [-0.39, 0.29) is 0 Å². The first-order chi connectivity index (χ1) is 9.54. The Morgan fingerprint density at radius 1 is 1.20 bits per heavy atom. The Balaban J connectivity index is 1.76. The molecular weight excluding hydrogens is 252 g/mol. The maximum atomic E-state index is 10.1. The van der Waals surface area contributed by atoms with Crippen molar-refractivity contribution in [3.63, 3.8) is 0 Å². The molecule has 0 spiro atoms. The zero-order chi connectivity index (χ0) is 14.5. The standard InChI is InChI=1S/C16H26N2O2/c1-13-4-5-16(14(2)10-13)20-12-15(19)11-18-8-6-17(3)7-9-18/h4-5,10,15,19H,6-9,11-12H2,1-3H3. The van der Waals surface area contributed by atoms with Crippen LogP contribution in [0.2, 0.25) is 0 Å². The van der Waals surface area contributed by atoms with E-state index < -0.39 is 6.10 Å². The van der Waals surface area contributed by atoms with Crippen molar-refractivity contribution in [1.29, 1.82) is 0 Å². The van der Waals surface area contributed by atoms with E-state index in [2.05, 4.69) is 29.8 Å². The number of aliphatic hydroxyl groups excluding tert-OH is 1. The second kappa shape index (κ2) is 7.07. The molecule has 0 bridgehead atoms. The minimum Gasteiger partial charge on any atom is -0.491 e. The van der Waals surface area contributed by atoms with Crippen LogP contribution in [-0.2, 0) is 0 Å². The quantitative estimate of drug-likeness (QED) is 0.880. The number of nitrogens with zero attached hydrogens (tertiary/aromatic N) is 2. The monoisotopic (exact) mass is 278 g/mol. The molecule has 0 aromatic heterocycles. The summed E-state index contributed by atoms with van der Waals surface area (Å²) in [5.41, 5.74) is 2.35. The third kappa shape index (κ3) is 4.47. The van der Waals surface area contributed by atoms with Crippen LogP contribution in [0.4, 0.5) is 0 Å². The number of piperazine rings is 1. The third-order valence-corrected chi connectivity index (χ3v) is 3.83. The lowest BCUT2D eigenvalue weighted by molar-refractivity contribution is 0.0503. The summed E-state index contributed by atoms with van der Waals surface area (Å²) >= 11 is 0. The summed E-state index contributed by atoms with van der Waals surface area (Å²) in [6.45, 7) is 9.35. The fourth-order valence-electron chi connectivity index (χ4n) is 2.53. The maximum absolute atomic E-state index is 10.1. The molecule has 1 aromatic rings. The van der Waals surface area contributed by atoms with Crippen LogP contribution in [0.1, 0.15) is 11.1 Å². The van der Waals surface area contributed by atoms with Gasteiger partial charge in [0.15, 0.2) is 0 Å². The minimum absolute atomic E-state index is 0.357. The van der Waals surface area contributed by atoms with Crippen LogP contribution in [0.5, 0.6) is 5.75 Å². The van der Waals surface area contributed by atoms with Gasteiger partial charge in [-0.15, -0.1) is 0 Å². The number of rotatable bonds is 5. The van der Waals surface area contributed by atoms with E-state index in [1.54, 1.807) is 0 Å². The van der Waals surface area contributed by atoms with Crippen molar-refractivity contribution in [3.8, 4) is 5.75 Å². The molecule has 1 heterocycles. The molecule has 4 heteroatoms. The Bertz CT molecular complexity index is 428. The lowest BCUT2D eigenvalue weighted by Crippen LogP contribution is -2.47. The van der Waals surface area contributed by atoms with Crippen LogP contribution in [0.25, 0.3) is 0 Å². The number of aliphatic hydroxyl groups is 1. The molecule has 20 heavy (non-hydrogen) atoms. The normalized spacial score (nSPS) is 19.0. The Morgan fingerprint density at radius 3 is 2.55 bits per heavy atom. The fraction of sp³-hybridized carbons (Fsp3) is 0.625. The molecule has 1 aromatic carbocycles. The molecular formula is C16H26N2O2. The number of likely N-dealkylation sites (N-methyl/N-ethyl adjacent to an activating group) is 1. The van der Waals surface area contributed by atoms with Gasteiger partial charge in [-0.05, 0) is 32.5 Å². The molecule has 1 unspecified atom stereocenters. The summed E-state index contributed by atoms with van der Waals surface area (Å²) < 4.78 is 5.73. The van der Waals surface area contributed by atoms with E-state index in [1.807, 2.05) is 19.1 Å². The van der Waals surface area contributed by atoms with Gasteiger partial charge in [0, 0.05) is 32.7 Å². The average Bonchev–Trinajstić information content (AvgIpc) is 2.40. The van der Waals surface area contributed by atoms with Gasteiger partial charge >= 0.3 is 0 Å². The first kappa shape index (κ1) is 15.3. The summed E-state index contributed by atoms with van der Waals surface area (Å²) in [6.07, 6.45) is -0.431. The summed E-state index contributed by atoms with van der Waals surface area (Å²) in [4.78, 5) is 4.62. The zero-order valence-electron chi connectivity index (χ0n) is 12.8. The Morgan fingerprint density at radius 2 is 1.90 bits per heavy atom. The highest BCUT2D eigenvalue weighted by Gasteiger charge is 2.17. The molecule has 1 fully saturated rings. The highest BCUT2D eigenvalue weighted by molar-refractivity contribution is 5.35. The molecule has 112 valence electrons. The van der Waals surface area contributed by atoms with Crippen LogP contribution in [0.15, 0.2) is 18.2 Å². The van der Waals surface area contributed by atoms with Gasteiger partial charge in [-0.25, -0.2) is 0 Å². The van der Waals surface area contributed by atoms with Crippen molar-refractivity contribution < 1.29 is 9.84 Å². The number of benzene rings is 1. The fourth-order valence-corrected chi connectivity index (χ4v) is 2.53. The molecule has 0 radical (unpaired) electrons. The predicted molar refractivity (Wildman–Crippen MR) is 81.4 cm³/mol. The van der Waals surface area contributed by atoms with Gasteiger partial charge in [-0.1, -0.05) is 17.7 Å². The van der Waals surface area contributed by atoms with Crippen LogP contribution >= 0.6 is 0 Å². The maximum Gasteiger partial charge on any atom is 0.122 e. The molecule has 1 aliphatic heterocycles. The molecule has 1 atom stereocenters. The van der Waals surface area contributed by atoms with Gasteiger partial charge in [0.05, 0.1) is 0 Å². The first-order valence-electron chi connectivity index (χ1n) is 7.33. The topological polar surface area (TPSA) is 35.9 Å². The molecule has 0 amide bonds. The zero-order valence-corrected chi connectivity index (χ0v) is 12.8. The third-order valence-electron chi connectivity index (χ3n) is 3.83. The molecule has 2 rings (SSSR count). The molecule has 1 aliphatic rings. The van der Waals surface area contributed by atoms with E-state index in [9.17, 15) is 5.11 Å². The Labute approximate surface area is 122 Å². The largest absolute Gasteiger partial charge is 0.491 e. The summed E-state index contributed by atoms with van der Waals surface area (Å²) in [5.74, 6) is 0.869. The molecule has 4 nitrogen and oxygen atoms in total. The van der Waals surface area contributed by atoms with E-state index in [0.29, 0.717) is 13.2 Å². The van der Waals surface area contributed by atoms with Crippen LogP contribution < -0.4 is 4.74 Å². The van der Waals surface area contributed by atoms with Crippen molar-refractivity contribution in [2.24, 2.45) is 0 Å². The highest BCUT2D eigenvalue weighted by atomic mass is 16.5. The van der Waals surface area contributed by atoms with E-state index in [1.165, 1.54) is 5.56 Å². The summed E-state index contributed by atoms with van der Waals surface area (Å²) in [6, 6.07) is 6.12. The van der Waals surface area contributed by atoms with Crippen LogP contribution in [0, 0.1) is 13.8 Å². The lowest BCUT2D eigenvalue weighted by Gasteiger charge is -2.33. The molecule has 1 saturated heterocycles. The molecule has 1 N–H and O–H groups in total. The molecule has 0 aliphatic carbocycles. The van der Waals surface area contributed by atoms with Gasteiger partial charge in [0.1, 0.15) is 18.5 Å². The number of hydrogen-bond acceptors (Lipinski definition) is 4. The second-order valence-electron chi connectivity index (χ2n) is 5.84. The minimum atomic E-state index is -0.431. The molecule has 0 saturated carbocycles. The Hall–Kier alpha value is -1.10. The van der Waals surface area contributed by atoms with E-state index in [0.717, 1.165) is 37.5 Å². The predicted octanol–water partition coefficient (Wildman–Crippen LogP) is 1.29. The van der Waals surface area contributed by atoms with E-state index >= 15 is 0 Å². The van der Waals surface area contributed by atoms with E-state index in [4.69, 9.17) is 4.74 Å². The van der Waals surface area contributed by atoms with Gasteiger partial charge in [0.2, 0.25) is 0 Å². The van der Waals surface area contributed by atoms with Crippen molar-refractivity contribution in [2.75, 3.05) is 46.4 Å². The van der Waals surface area contributed by atoms with Gasteiger partial charge in [-0.2, -0.15) is 0 Å². The van der Waals surface area contributed by atoms with Crippen LogP contribution in [0.3, 0.4) is 0 Å². The van der Waals surface area contributed by atoms with Crippen molar-refractivity contribution in [2.45, 2.75) is 20.0 Å². The van der Waals surface area contributed by atoms with Crippen molar-refractivity contribution >= 4 is 0 Å². The number of aryl methyl sites for hydroxylation is 2. The van der Waals surface area contributed by atoms with Gasteiger partial charge in [0.25, 0.3) is 0 Å². The SMILES string of the molecule is Cc1ccc(OCC(O)CN2CCN(C)CC2)c(C)c1. The van der Waals surface area contributed by atoms with Crippen LogP contribution in [-0.4, -0.2) is 67.4 Å². The number of ether oxygens (including phenoxy) is 1. The highest BCUT2D eigenvalue weighted by Crippen LogP contribution is 2.18. The smallest absolute Gasteiger partial charge is 0.122 e. The summed E-state index contributed by atoms with van der Waals surface area (Å²) in [7, 11) is 2.14. The summed E-state index contributed by atoms with van der Waals surface area (Å²) in [5, 5.41) is 10.1. The van der Waals surface area contributed by atoms with Gasteiger partial charge < -0.3 is 14.7 Å². The van der Waals surface area contributed by atoms with Gasteiger partial charge in [-0.3, -0.25) is 4.90 Å². The lowest BCUT2D eigenvalue weighted by atomic mass is 10.1.